The number of hydrogen-bond donors (Lipinski definition) is 1. The average molecular weight is 565 g/mol. The minimum Gasteiger partial charge on any atom is -0.481 e. The molecule has 0 bridgehead atoms. The van der Waals surface area contributed by atoms with Gasteiger partial charge in [-0.3, -0.25) is 9.59 Å². The first-order valence-corrected chi connectivity index (χ1v) is 17.7. The van der Waals surface area contributed by atoms with Crippen molar-refractivity contribution in [1.29, 1.82) is 0 Å². The van der Waals surface area contributed by atoms with E-state index in [1.807, 2.05) is 0 Å². The van der Waals surface area contributed by atoms with Crippen LogP contribution in [0.15, 0.2) is 12.2 Å². The van der Waals surface area contributed by atoms with E-state index in [0.717, 1.165) is 64.2 Å². The normalized spacial score (nSPS) is 12.2. The van der Waals surface area contributed by atoms with Gasteiger partial charge < -0.3 is 9.84 Å². The van der Waals surface area contributed by atoms with Gasteiger partial charge in [0.15, 0.2) is 0 Å². The van der Waals surface area contributed by atoms with Gasteiger partial charge in [-0.05, 0) is 64.2 Å². The van der Waals surface area contributed by atoms with Crippen molar-refractivity contribution in [3.05, 3.63) is 12.2 Å². The molecule has 0 spiro atoms. The van der Waals surface area contributed by atoms with Crippen LogP contribution in [0, 0.1) is 0 Å². The van der Waals surface area contributed by atoms with E-state index in [1.165, 1.54) is 109 Å². The van der Waals surface area contributed by atoms with Crippen LogP contribution in [0.1, 0.15) is 200 Å². The molecule has 0 rings (SSSR count). The minimum absolute atomic E-state index is 0.00738. The highest BCUT2D eigenvalue weighted by Gasteiger charge is 2.14. The predicted molar refractivity (Wildman–Crippen MR) is 172 cm³/mol. The molecule has 0 aromatic heterocycles. The third-order valence-electron chi connectivity index (χ3n) is 7.99. The van der Waals surface area contributed by atoms with Crippen LogP contribution >= 0.6 is 0 Å². The zero-order valence-electron chi connectivity index (χ0n) is 26.9. The van der Waals surface area contributed by atoms with Gasteiger partial charge >= 0.3 is 11.9 Å². The number of carbonyl (C=O) groups is 2. The van der Waals surface area contributed by atoms with Crippen LogP contribution in [-0.2, 0) is 14.3 Å². The molecule has 1 N–H and O–H groups in total. The highest BCUT2D eigenvalue weighted by Crippen LogP contribution is 2.18. The Kier molecular flexibility index (Phi) is 31.1. The third kappa shape index (κ3) is 31.2. The molecule has 4 heteroatoms. The Morgan fingerprint density at radius 2 is 0.900 bits per heavy atom. The van der Waals surface area contributed by atoms with Gasteiger partial charge in [-0.2, -0.15) is 0 Å². The molecular formula is C36H68O4. The summed E-state index contributed by atoms with van der Waals surface area (Å²) in [4.78, 5) is 23.2. The van der Waals surface area contributed by atoms with E-state index >= 15 is 0 Å². The SMILES string of the molecule is CCCCCCCCC=CCCCCCCCC(=O)OC(CCCCCCCCC)CCCCCCCC(=O)O. The fourth-order valence-corrected chi connectivity index (χ4v) is 5.35. The number of hydrogen-bond acceptors (Lipinski definition) is 3. The first-order chi connectivity index (χ1) is 19.6. The molecule has 0 heterocycles. The molecule has 0 aromatic rings. The van der Waals surface area contributed by atoms with Gasteiger partial charge in [-0.25, -0.2) is 0 Å². The van der Waals surface area contributed by atoms with Crippen LogP contribution in [0.5, 0.6) is 0 Å². The molecule has 0 aromatic carbocycles. The Balaban J connectivity index is 3.95. The van der Waals surface area contributed by atoms with Crippen LogP contribution in [0.4, 0.5) is 0 Å². The van der Waals surface area contributed by atoms with Crippen molar-refractivity contribution in [3.63, 3.8) is 0 Å². The van der Waals surface area contributed by atoms with Gasteiger partial charge in [0.1, 0.15) is 6.10 Å². The summed E-state index contributed by atoms with van der Waals surface area (Å²) in [7, 11) is 0. The maximum Gasteiger partial charge on any atom is 0.306 e. The molecule has 0 aliphatic heterocycles. The van der Waals surface area contributed by atoms with Crippen LogP contribution < -0.4 is 0 Å². The molecule has 0 radical (unpaired) electrons. The highest BCUT2D eigenvalue weighted by atomic mass is 16.5. The van der Waals surface area contributed by atoms with Crippen molar-refractivity contribution >= 4 is 11.9 Å². The van der Waals surface area contributed by atoms with E-state index in [9.17, 15) is 9.59 Å². The fourth-order valence-electron chi connectivity index (χ4n) is 5.35. The van der Waals surface area contributed by atoms with Gasteiger partial charge in [-0.1, -0.05) is 135 Å². The Morgan fingerprint density at radius 1 is 0.525 bits per heavy atom. The lowest BCUT2D eigenvalue weighted by molar-refractivity contribution is -0.150. The minimum atomic E-state index is -0.701. The summed E-state index contributed by atoms with van der Waals surface area (Å²) in [6, 6.07) is 0. The number of ether oxygens (including phenoxy) is 1. The van der Waals surface area contributed by atoms with E-state index in [-0.39, 0.29) is 18.5 Å². The van der Waals surface area contributed by atoms with E-state index in [4.69, 9.17) is 9.84 Å². The van der Waals surface area contributed by atoms with Crippen molar-refractivity contribution < 1.29 is 19.4 Å². The number of rotatable bonds is 32. The van der Waals surface area contributed by atoms with Gasteiger partial charge in [0.2, 0.25) is 0 Å². The largest absolute Gasteiger partial charge is 0.481 e. The Morgan fingerprint density at radius 3 is 1.35 bits per heavy atom. The summed E-state index contributed by atoms with van der Waals surface area (Å²) in [6.45, 7) is 4.52. The highest BCUT2D eigenvalue weighted by molar-refractivity contribution is 5.69. The van der Waals surface area contributed by atoms with Crippen molar-refractivity contribution in [2.45, 2.75) is 206 Å². The number of unbranched alkanes of at least 4 members (excludes halogenated alkanes) is 21. The lowest BCUT2D eigenvalue weighted by Gasteiger charge is -2.18. The van der Waals surface area contributed by atoms with Gasteiger partial charge in [0.25, 0.3) is 0 Å². The molecule has 1 atom stereocenters. The molecule has 0 aliphatic rings. The number of carboxylic acids is 1. The summed E-state index contributed by atoms with van der Waals surface area (Å²) in [6.07, 6.45) is 37.9. The molecule has 4 nitrogen and oxygen atoms in total. The van der Waals surface area contributed by atoms with Gasteiger partial charge in [0.05, 0.1) is 0 Å². The number of esters is 1. The number of allylic oxidation sites excluding steroid dienone is 2. The van der Waals surface area contributed by atoms with E-state index in [2.05, 4.69) is 26.0 Å². The van der Waals surface area contributed by atoms with E-state index < -0.39 is 5.97 Å². The second-order valence-corrected chi connectivity index (χ2v) is 12.1. The Bertz CT molecular complexity index is 571. The molecule has 0 saturated carbocycles. The van der Waals surface area contributed by atoms with Crippen LogP contribution in [0.3, 0.4) is 0 Å². The maximum absolute atomic E-state index is 12.5. The van der Waals surface area contributed by atoms with E-state index in [0.29, 0.717) is 6.42 Å². The maximum atomic E-state index is 12.5. The Hall–Kier alpha value is -1.32. The van der Waals surface area contributed by atoms with E-state index in [1.54, 1.807) is 0 Å². The molecule has 1 unspecified atom stereocenters. The molecular weight excluding hydrogens is 496 g/mol. The van der Waals surface area contributed by atoms with Crippen LogP contribution in [0.2, 0.25) is 0 Å². The smallest absolute Gasteiger partial charge is 0.306 e. The second kappa shape index (κ2) is 32.2. The molecule has 0 saturated heterocycles. The van der Waals surface area contributed by atoms with Gasteiger partial charge in [-0.15, -0.1) is 0 Å². The lowest BCUT2D eigenvalue weighted by Crippen LogP contribution is -2.18. The first kappa shape index (κ1) is 38.7. The van der Waals surface area contributed by atoms with Crippen LogP contribution in [0.25, 0.3) is 0 Å². The zero-order chi connectivity index (χ0) is 29.4. The molecule has 40 heavy (non-hydrogen) atoms. The fraction of sp³-hybridized carbons (Fsp3) is 0.889. The number of carbonyl (C=O) groups excluding carboxylic acids is 1. The summed E-state index contributed by atoms with van der Waals surface area (Å²) < 4.78 is 5.95. The molecule has 0 amide bonds. The summed E-state index contributed by atoms with van der Waals surface area (Å²) in [5.41, 5.74) is 0. The Labute approximate surface area is 249 Å². The molecule has 0 aliphatic carbocycles. The average Bonchev–Trinajstić information content (AvgIpc) is 2.93. The molecule has 0 fully saturated rings. The van der Waals surface area contributed by atoms with Gasteiger partial charge in [0, 0.05) is 12.8 Å². The quantitative estimate of drug-likeness (QED) is 0.0501. The van der Waals surface area contributed by atoms with Crippen molar-refractivity contribution in [3.8, 4) is 0 Å². The lowest BCUT2D eigenvalue weighted by atomic mass is 10.0. The summed E-state index contributed by atoms with van der Waals surface area (Å²) in [5, 5.41) is 8.77. The number of aliphatic carboxylic acids is 1. The molecule has 236 valence electrons. The second-order valence-electron chi connectivity index (χ2n) is 12.1. The standard InChI is InChI=1S/C36H68O4/c1-3-5-7-9-11-12-13-14-15-16-17-18-20-25-29-33-36(39)40-34(30-26-22-19-10-8-6-4-2)31-27-23-21-24-28-32-35(37)38/h14-15,34H,3-13,16-33H2,1-2H3,(H,37,38). The third-order valence-corrected chi connectivity index (χ3v) is 7.99. The monoisotopic (exact) mass is 565 g/mol. The summed E-state index contributed by atoms with van der Waals surface area (Å²) >= 11 is 0. The summed E-state index contributed by atoms with van der Waals surface area (Å²) in [5.74, 6) is -0.708. The zero-order valence-corrected chi connectivity index (χ0v) is 26.9. The van der Waals surface area contributed by atoms with Crippen LogP contribution in [-0.4, -0.2) is 23.1 Å². The van der Waals surface area contributed by atoms with Crippen molar-refractivity contribution in [2.75, 3.05) is 0 Å². The van der Waals surface area contributed by atoms with Crippen molar-refractivity contribution in [1.82, 2.24) is 0 Å². The van der Waals surface area contributed by atoms with Crippen molar-refractivity contribution in [2.24, 2.45) is 0 Å². The number of carboxylic acid groups (broad SMARTS) is 1. The predicted octanol–water partition coefficient (Wildman–Crippen LogP) is 11.9. The first-order valence-electron chi connectivity index (χ1n) is 17.7. The topological polar surface area (TPSA) is 63.6 Å².